The van der Waals surface area contributed by atoms with Crippen molar-refractivity contribution >= 4 is 5.97 Å². The summed E-state index contributed by atoms with van der Waals surface area (Å²) in [5.74, 6) is 1.98. The number of hydrogen-bond acceptors (Lipinski definition) is 5. The molecule has 0 aromatic heterocycles. The fourth-order valence-electron chi connectivity index (χ4n) is 4.14. The van der Waals surface area contributed by atoms with Crippen LogP contribution in [-0.2, 0) is 17.6 Å². The Morgan fingerprint density at radius 3 is 2.52 bits per heavy atom. The summed E-state index contributed by atoms with van der Waals surface area (Å²) in [5, 5.41) is 17.8. The molecule has 0 amide bonds. The van der Waals surface area contributed by atoms with Crippen LogP contribution in [-0.4, -0.2) is 29.9 Å². The molecule has 1 aliphatic heterocycles. The number of aliphatic carboxylic acids is 1. The van der Waals surface area contributed by atoms with Gasteiger partial charge >= 0.3 is 5.97 Å². The van der Waals surface area contributed by atoms with Gasteiger partial charge in [-0.25, -0.2) is 4.39 Å². The predicted octanol–water partition coefficient (Wildman–Crippen LogP) is 5.46. The van der Waals surface area contributed by atoms with E-state index in [9.17, 15) is 9.18 Å². The van der Waals surface area contributed by atoms with E-state index in [1.165, 1.54) is 12.1 Å². The molecule has 2 aliphatic rings. The molecule has 0 spiro atoms. The molecule has 33 heavy (non-hydrogen) atoms. The van der Waals surface area contributed by atoms with Crippen molar-refractivity contribution in [2.24, 2.45) is 0 Å². The Hall–Kier alpha value is -3.74. The Balaban J connectivity index is 0.000000165. The molecule has 1 unspecified atom stereocenters. The molecule has 0 bridgehead atoms. The van der Waals surface area contributed by atoms with E-state index in [2.05, 4.69) is 0 Å². The predicted molar refractivity (Wildman–Crippen MR) is 120 cm³/mol. The fourth-order valence-corrected chi connectivity index (χ4v) is 4.14. The van der Waals surface area contributed by atoms with Crippen LogP contribution in [0.1, 0.15) is 35.4 Å². The zero-order valence-electron chi connectivity index (χ0n) is 18.2. The smallest absolute Gasteiger partial charge is 0.304 e. The summed E-state index contributed by atoms with van der Waals surface area (Å²) in [5.41, 5.74) is 2.69. The molecule has 0 radical (unpaired) electrons. The molecule has 0 saturated heterocycles. The summed E-state index contributed by atoms with van der Waals surface area (Å²) < 4.78 is 29.9. The Bertz CT molecular complexity index is 1140. The molecule has 3 aromatic carbocycles. The molecule has 172 valence electrons. The molecule has 0 fully saturated rings. The number of aromatic hydroxyl groups is 1. The molecule has 5 rings (SSSR count). The normalized spacial score (nSPS) is 15.5. The van der Waals surface area contributed by atoms with Gasteiger partial charge in [0.25, 0.3) is 0 Å². The van der Waals surface area contributed by atoms with Crippen LogP contribution in [0.5, 0.6) is 28.7 Å². The highest BCUT2D eigenvalue weighted by Crippen LogP contribution is 2.38. The molecule has 1 aliphatic carbocycles. The van der Waals surface area contributed by atoms with Crippen molar-refractivity contribution in [2.45, 2.75) is 31.6 Å². The van der Waals surface area contributed by atoms with Gasteiger partial charge < -0.3 is 24.4 Å². The highest BCUT2D eigenvalue weighted by atomic mass is 19.1. The minimum atomic E-state index is -0.834. The number of carboxylic acids is 1. The maximum absolute atomic E-state index is 13.6. The third kappa shape index (κ3) is 5.19. The van der Waals surface area contributed by atoms with Gasteiger partial charge in [-0.3, -0.25) is 4.79 Å². The molecular weight excluding hydrogens is 427 g/mol. The number of ether oxygens (including phenoxy) is 3. The second-order valence-corrected chi connectivity index (χ2v) is 7.96. The minimum absolute atomic E-state index is 0.0672. The summed E-state index contributed by atoms with van der Waals surface area (Å²) in [6.07, 6.45) is 2.76. The Labute approximate surface area is 191 Å². The first kappa shape index (κ1) is 22.5. The summed E-state index contributed by atoms with van der Waals surface area (Å²) in [4.78, 5) is 10.5. The van der Waals surface area contributed by atoms with E-state index < -0.39 is 5.97 Å². The van der Waals surface area contributed by atoms with Crippen molar-refractivity contribution in [3.05, 3.63) is 77.1 Å². The lowest BCUT2D eigenvalue weighted by atomic mass is 9.98. The molecule has 1 heterocycles. The monoisotopic (exact) mass is 452 g/mol. The summed E-state index contributed by atoms with van der Waals surface area (Å²) in [6, 6.07) is 15.4. The number of fused-ring (bicyclic) bond motifs is 2. The lowest BCUT2D eigenvalue weighted by Crippen LogP contribution is -2.07. The third-order valence-corrected chi connectivity index (χ3v) is 5.77. The van der Waals surface area contributed by atoms with Gasteiger partial charge in [0.2, 0.25) is 0 Å². The number of methoxy groups -OCH3 is 1. The number of phenolic OH excluding ortho intramolecular Hbond substituents is 1. The Morgan fingerprint density at radius 1 is 1.06 bits per heavy atom. The maximum Gasteiger partial charge on any atom is 0.304 e. The molecule has 2 N–H and O–H groups in total. The Morgan fingerprint density at radius 2 is 1.79 bits per heavy atom. The standard InChI is InChI=1S/C16H15FO2.C10H10O4/c1-18-11-5-7-12(8-6-11)19-16-10-9-15(17)13-3-2-4-14(13)16;11-7-1-2-8-6(3-10(12)13)5-14-9(8)4-7/h5-10H,2-4H2,1H3;1-2,4,6,11H,3,5H2,(H,12,13). The largest absolute Gasteiger partial charge is 0.508 e. The maximum atomic E-state index is 13.6. The van der Waals surface area contributed by atoms with E-state index in [-0.39, 0.29) is 23.9 Å². The van der Waals surface area contributed by atoms with E-state index in [1.807, 2.05) is 24.3 Å². The van der Waals surface area contributed by atoms with Crippen LogP contribution in [0.2, 0.25) is 0 Å². The van der Waals surface area contributed by atoms with E-state index in [4.69, 9.17) is 24.4 Å². The molecule has 1 atom stereocenters. The van der Waals surface area contributed by atoms with Crippen LogP contribution in [0.3, 0.4) is 0 Å². The quantitative estimate of drug-likeness (QED) is 0.535. The summed E-state index contributed by atoms with van der Waals surface area (Å²) in [7, 11) is 1.63. The number of hydrogen-bond donors (Lipinski definition) is 2. The first-order chi connectivity index (χ1) is 15.9. The fraction of sp³-hybridized carbons (Fsp3) is 0.269. The van der Waals surface area contributed by atoms with Crippen LogP contribution in [0.15, 0.2) is 54.6 Å². The van der Waals surface area contributed by atoms with Crippen molar-refractivity contribution in [1.29, 1.82) is 0 Å². The van der Waals surface area contributed by atoms with E-state index in [0.717, 1.165) is 53.2 Å². The molecule has 6 nitrogen and oxygen atoms in total. The van der Waals surface area contributed by atoms with Gasteiger partial charge in [-0.05, 0) is 67.3 Å². The van der Waals surface area contributed by atoms with Crippen molar-refractivity contribution < 1.29 is 33.6 Å². The van der Waals surface area contributed by atoms with Gasteiger partial charge in [0.1, 0.15) is 34.6 Å². The molecule has 0 saturated carbocycles. The van der Waals surface area contributed by atoms with Crippen LogP contribution in [0.4, 0.5) is 4.39 Å². The van der Waals surface area contributed by atoms with Crippen molar-refractivity contribution in [2.75, 3.05) is 13.7 Å². The van der Waals surface area contributed by atoms with Gasteiger partial charge in [-0.1, -0.05) is 6.07 Å². The number of halogens is 1. The zero-order chi connectivity index (χ0) is 23.4. The van der Waals surface area contributed by atoms with Crippen LogP contribution in [0, 0.1) is 5.82 Å². The van der Waals surface area contributed by atoms with Crippen molar-refractivity contribution in [3.8, 4) is 28.7 Å². The zero-order valence-corrected chi connectivity index (χ0v) is 18.2. The second-order valence-electron chi connectivity index (χ2n) is 7.96. The van der Waals surface area contributed by atoms with Gasteiger partial charge in [0, 0.05) is 23.1 Å². The van der Waals surface area contributed by atoms with Crippen LogP contribution < -0.4 is 14.2 Å². The van der Waals surface area contributed by atoms with E-state index in [0.29, 0.717) is 12.4 Å². The number of phenols is 1. The lowest BCUT2D eigenvalue weighted by molar-refractivity contribution is -0.137. The minimum Gasteiger partial charge on any atom is -0.508 e. The number of rotatable bonds is 5. The van der Waals surface area contributed by atoms with Crippen LogP contribution in [0.25, 0.3) is 0 Å². The second kappa shape index (κ2) is 9.81. The van der Waals surface area contributed by atoms with E-state index in [1.54, 1.807) is 25.3 Å². The SMILES string of the molecule is COc1ccc(Oc2ccc(F)c3c2CCC3)cc1.O=C(O)CC1COc2cc(O)ccc21. The van der Waals surface area contributed by atoms with Crippen molar-refractivity contribution in [3.63, 3.8) is 0 Å². The van der Waals surface area contributed by atoms with Gasteiger partial charge in [0.15, 0.2) is 0 Å². The van der Waals surface area contributed by atoms with Gasteiger partial charge in [0.05, 0.1) is 20.1 Å². The third-order valence-electron chi connectivity index (χ3n) is 5.77. The summed E-state index contributed by atoms with van der Waals surface area (Å²) in [6.45, 7) is 0.380. The topological polar surface area (TPSA) is 85.2 Å². The molecule has 7 heteroatoms. The molecule has 3 aromatic rings. The highest BCUT2D eigenvalue weighted by Gasteiger charge is 2.26. The lowest BCUT2D eigenvalue weighted by Gasteiger charge is -2.11. The average Bonchev–Trinajstić information content (AvgIpc) is 3.44. The first-order valence-electron chi connectivity index (χ1n) is 10.7. The van der Waals surface area contributed by atoms with Gasteiger partial charge in [-0.15, -0.1) is 0 Å². The number of carbonyl (C=O) groups is 1. The van der Waals surface area contributed by atoms with Crippen molar-refractivity contribution in [1.82, 2.24) is 0 Å². The van der Waals surface area contributed by atoms with Crippen LogP contribution >= 0.6 is 0 Å². The van der Waals surface area contributed by atoms with Gasteiger partial charge in [-0.2, -0.15) is 0 Å². The Kier molecular flexibility index (Phi) is 6.68. The highest BCUT2D eigenvalue weighted by molar-refractivity contribution is 5.68. The van der Waals surface area contributed by atoms with E-state index >= 15 is 0 Å². The summed E-state index contributed by atoms with van der Waals surface area (Å²) >= 11 is 0. The first-order valence-corrected chi connectivity index (χ1v) is 10.7. The number of carboxylic acid groups (broad SMARTS) is 1. The average molecular weight is 452 g/mol. The molecular formula is C26H25FO6. The number of benzene rings is 3.